The van der Waals surface area contributed by atoms with Gasteiger partial charge < -0.3 is 10.1 Å². The van der Waals surface area contributed by atoms with Crippen molar-refractivity contribution in [3.05, 3.63) is 35.4 Å². The van der Waals surface area contributed by atoms with E-state index in [4.69, 9.17) is 4.74 Å². The first kappa shape index (κ1) is 13.2. The predicted molar refractivity (Wildman–Crippen MR) is 68.8 cm³/mol. The van der Waals surface area contributed by atoms with Gasteiger partial charge in [-0.05, 0) is 31.9 Å². The van der Waals surface area contributed by atoms with Crippen LogP contribution in [0.3, 0.4) is 0 Å². The van der Waals surface area contributed by atoms with E-state index in [1.807, 2.05) is 0 Å². The molecule has 90 valence electrons. The Hall–Kier alpha value is -0.860. The Morgan fingerprint density at radius 2 is 1.94 bits per heavy atom. The molecule has 1 aromatic rings. The lowest BCUT2D eigenvalue weighted by molar-refractivity contribution is 0.163. The molecule has 1 N–H and O–H groups in total. The van der Waals surface area contributed by atoms with Gasteiger partial charge in [-0.2, -0.15) is 0 Å². The predicted octanol–water partition coefficient (Wildman–Crippen LogP) is 2.55. The molecule has 0 spiro atoms. The molecule has 0 bridgehead atoms. The van der Waals surface area contributed by atoms with Crippen LogP contribution in [0.4, 0.5) is 0 Å². The highest BCUT2D eigenvalue weighted by atomic mass is 16.5. The zero-order valence-corrected chi connectivity index (χ0v) is 10.6. The van der Waals surface area contributed by atoms with Crippen molar-refractivity contribution in [2.75, 3.05) is 20.3 Å². The Bertz CT molecular complexity index is 275. The molecule has 0 aliphatic carbocycles. The molecular weight excluding hydrogens is 198 g/mol. The Labute approximate surface area is 99.0 Å². The normalized spacial score (nSPS) is 12.7. The van der Waals surface area contributed by atoms with E-state index in [1.54, 1.807) is 7.11 Å². The molecule has 0 fully saturated rings. The third-order valence-corrected chi connectivity index (χ3v) is 2.76. The first-order valence-electron chi connectivity index (χ1n) is 6.04. The van der Waals surface area contributed by atoms with Gasteiger partial charge in [0.25, 0.3) is 0 Å². The lowest BCUT2D eigenvalue weighted by atomic mass is 10.0. The number of nitrogens with one attached hydrogen (secondary N) is 1. The van der Waals surface area contributed by atoms with E-state index in [-0.39, 0.29) is 0 Å². The molecule has 1 unspecified atom stereocenters. The van der Waals surface area contributed by atoms with Crippen molar-refractivity contribution in [3.8, 4) is 0 Å². The Kier molecular flexibility index (Phi) is 6.12. The largest absolute Gasteiger partial charge is 0.383 e. The fourth-order valence-corrected chi connectivity index (χ4v) is 1.83. The summed E-state index contributed by atoms with van der Waals surface area (Å²) in [6.45, 7) is 6.05. The summed E-state index contributed by atoms with van der Waals surface area (Å²) in [5.74, 6) is 0. The van der Waals surface area contributed by atoms with E-state index >= 15 is 0 Å². The summed E-state index contributed by atoms with van der Waals surface area (Å²) in [6.07, 6.45) is 2.24. The lowest BCUT2D eigenvalue weighted by Gasteiger charge is -2.16. The maximum Gasteiger partial charge on any atom is 0.0615 e. The van der Waals surface area contributed by atoms with E-state index in [9.17, 15) is 0 Å². The zero-order valence-electron chi connectivity index (χ0n) is 10.6. The van der Waals surface area contributed by atoms with Crippen LogP contribution >= 0.6 is 0 Å². The average Bonchev–Trinajstić information content (AvgIpc) is 2.29. The molecule has 1 atom stereocenters. The Morgan fingerprint density at radius 3 is 2.50 bits per heavy atom. The van der Waals surface area contributed by atoms with Gasteiger partial charge >= 0.3 is 0 Å². The van der Waals surface area contributed by atoms with Crippen LogP contribution in [-0.4, -0.2) is 26.3 Å². The molecule has 0 aliphatic heterocycles. The highest BCUT2D eigenvalue weighted by Gasteiger charge is 2.06. The van der Waals surface area contributed by atoms with Crippen LogP contribution in [-0.2, 0) is 11.2 Å². The van der Waals surface area contributed by atoms with Crippen molar-refractivity contribution in [2.24, 2.45) is 0 Å². The van der Waals surface area contributed by atoms with Crippen molar-refractivity contribution >= 4 is 0 Å². The highest BCUT2D eigenvalue weighted by molar-refractivity contribution is 5.21. The number of hydrogen-bond acceptors (Lipinski definition) is 2. The van der Waals surface area contributed by atoms with E-state index in [1.165, 1.54) is 11.1 Å². The molecule has 0 saturated carbocycles. The molecule has 2 nitrogen and oxygen atoms in total. The van der Waals surface area contributed by atoms with Gasteiger partial charge in [0.2, 0.25) is 0 Å². The fraction of sp³-hybridized carbons (Fsp3) is 0.571. The summed E-state index contributed by atoms with van der Waals surface area (Å²) in [4.78, 5) is 0. The number of ether oxygens (including phenoxy) is 1. The molecule has 1 rings (SSSR count). The maximum absolute atomic E-state index is 5.20. The first-order chi connectivity index (χ1) is 7.76. The molecule has 0 heterocycles. The van der Waals surface area contributed by atoms with Crippen molar-refractivity contribution in [1.29, 1.82) is 0 Å². The fourth-order valence-electron chi connectivity index (χ4n) is 1.83. The number of likely N-dealkylation sites (N-methyl/N-ethyl adjacent to an activating group) is 1. The van der Waals surface area contributed by atoms with Gasteiger partial charge in [0.05, 0.1) is 6.61 Å². The van der Waals surface area contributed by atoms with Crippen molar-refractivity contribution in [2.45, 2.75) is 32.7 Å². The summed E-state index contributed by atoms with van der Waals surface area (Å²) in [5.41, 5.74) is 2.73. The van der Waals surface area contributed by atoms with Crippen molar-refractivity contribution < 1.29 is 4.74 Å². The molecule has 0 amide bonds. The summed E-state index contributed by atoms with van der Waals surface area (Å²) >= 11 is 0. The maximum atomic E-state index is 5.20. The number of benzene rings is 1. The van der Waals surface area contributed by atoms with Gasteiger partial charge in [0, 0.05) is 13.2 Å². The monoisotopic (exact) mass is 221 g/mol. The van der Waals surface area contributed by atoms with E-state index in [0.717, 1.165) is 26.0 Å². The zero-order chi connectivity index (χ0) is 11.8. The highest BCUT2D eigenvalue weighted by Crippen LogP contribution is 2.07. The smallest absolute Gasteiger partial charge is 0.0615 e. The molecule has 2 heteroatoms. The second-order valence-corrected chi connectivity index (χ2v) is 4.23. The van der Waals surface area contributed by atoms with Crippen LogP contribution in [0.15, 0.2) is 24.3 Å². The van der Waals surface area contributed by atoms with Crippen LogP contribution in [0, 0.1) is 6.92 Å². The molecule has 0 saturated heterocycles. The number of aryl methyl sites for hydroxylation is 2. The van der Waals surface area contributed by atoms with Crippen LogP contribution < -0.4 is 5.32 Å². The minimum absolute atomic E-state index is 0.469. The summed E-state index contributed by atoms with van der Waals surface area (Å²) in [7, 11) is 1.76. The summed E-state index contributed by atoms with van der Waals surface area (Å²) in [6, 6.07) is 9.24. The van der Waals surface area contributed by atoms with Crippen LogP contribution in [0.1, 0.15) is 24.5 Å². The van der Waals surface area contributed by atoms with Gasteiger partial charge in [-0.25, -0.2) is 0 Å². The Balaban J connectivity index is 2.38. The van der Waals surface area contributed by atoms with E-state index in [2.05, 4.69) is 43.4 Å². The van der Waals surface area contributed by atoms with Crippen molar-refractivity contribution in [1.82, 2.24) is 5.32 Å². The molecular formula is C14H23NO. The van der Waals surface area contributed by atoms with Gasteiger partial charge in [-0.15, -0.1) is 0 Å². The minimum Gasteiger partial charge on any atom is -0.383 e. The summed E-state index contributed by atoms with van der Waals surface area (Å²) in [5, 5.41) is 3.44. The second-order valence-electron chi connectivity index (χ2n) is 4.23. The number of rotatable bonds is 7. The van der Waals surface area contributed by atoms with E-state index in [0.29, 0.717) is 6.04 Å². The van der Waals surface area contributed by atoms with Gasteiger partial charge in [-0.1, -0.05) is 36.8 Å². The van der Waals surface area contributed by atoms with Gasteiger partial charge in [0.15, 0.2) is 0 Å². The minimum atomic E-state index is 0.469. The Morgan fingerprint density at radius 1 is 1.25 bits per heavy atom. The van der Waals surface area contributed by atoms with Crippen LogP contribution in [0.5, 0.6) is 0 Å². The molecule has 0 aromatic heterocycles. The van der Waals surface area contributed by atoms with Crippen LogP contribution in [0.2, 0.25) is 0 Å². The van der Waals surface area contributed by atoms with Crippen molar-refractivity contribution in [3.63, 3.8) is 0 Å². The number of methoxy groups -OCH3 is 1. The molecule has 16 heavy (non-hydrogen) atoms. The third kappa shape index (κ3) is 4.77. The lowest BCUT2D eigenvalue weighted by Crippen LogP contribution is -2.33. The van der Waals surface area contributed by atoms with Gasteiger partial charge in [0.1, 0.15) is 0 Å². The summed E-state index contributed by atoms with van der Waals surface area (Å²) < 4.78 is 5.20. The first-order valence-corrected chi connectivity index (χ1v) is 6.04. The van der Waals surface area contributed by atoms with E-state index < -0.39 is 0 Å². The van der Waals surface area contributed by atoms with Crippen LogP contribution in [0.25, 0.3) is 0 Å². The standard InChI is InChI=1S/C14H23NO/c1-4-15-14(11-16-3)10-9-13-7-5-12(2)6-8-13/h5-8,14-15H,4,9-11H2,1-3H3. The average molecular weight is 221 g/mol. The second kappa shape index (κ2) is 7.42. The third-order valence-electron chi connectivity index (χ3n) is 2.76. The number of hydrogen-bond donors (Lipinski definition) is 1. The molecule has 0 radical (unpaired) electrons. The molecule has 1 aromatic carbocycles. The topological polar surface area (TPSA) is 21.3 Å². The molecule has 0 aliphatic rings. The van der Waals surface area contributed by atoms with Gasteiger partial charge in [-0.3, -0.25) is 0 Å². The SMILES string of the molecule is CCNC(CCc1ccc(C)cc1)COC. The quantitative estimate of drug-likeness (QED) is 0.764.